The van der Waals surface area contributed by atoms with Gasteiger partial charge in [0.1, 0.15) is 0 Å². The molecule has 2 aliphatic rings. The van der Waals surface area contributed by atoms with Gasteiger partial charge in [0.05, 0.1) is 11.6 Å². The van der Waals surface area contributed by atoms with E-state index in [4.69, 9.17) is 0 Å². The van der Waals surface area contributed by atoms with Crippen molar-refractivity contribution in [1.82, 2.24) is 18.7 Å². The van der Waals surface area contributed by atoms with Gasteiger partial charge in [-0.25, -0.2) is 8.42 Å². The normalized spacial score (nSPS) is 20.0. The summed E-state index contributed by atoms with van der Waals surface area (Å²) >= 11 is 1.77. The Balaban J connectivity index is 1.40. The third-order valence-electron chi connectivity index (χ3n) is 5.44. The van der Waals surface area contributed by atoms with Gasteiger partial charge in [0.25, 0.3) is 5.56 Å². The predicted molar refractivity (Wildman–Crippen MR) is 110 cm³/mol. The fourth-order valence-electron chi connectivity index (χ4n) is 3.78. The van der Waals surface area contributed by atoms with Crippen LogP contribution in [-0.2, 0) is 23.2 Å². The molecular formula is C19H26N4O3S2. The second-order valence-corrected chi connectivity index (χ2v) is 10.4. The first kappa shape index (κ1) is 19.8. The first-order chi connectivity index (χ1) is 13.5. The number of piperazine rings is 1. The van der Waals surface area contributed by atoms with E-state index >= 15 is 0 Å². The minimum atomic E-state index is -3.51. The molecule has 2 fully saturated rings. The van der Waals surface area contributed by atoms with Crippen LogP contribution >= 0.6 is 11.3 Å². The molecule has 0 saturated carbocycles. The van der Waals surface area contributed by atoms with Crippen molar-refractivity contribution in [2.45, 2.75) is 31.0 Å². The van der Waals surface area contributed by atoms with Gasteiger partial charge in [0.2, 0.25) is 10.0 Å². The van der Waals surface area contributed by atoms with Crippen LogP contribution in [0.3, 0.4) is 0 Å². The van der Waals surface area contributed by atoms with E-state index in [9.17, 15) is 13.2 Å². The van der Waals surface area contributed by atoms with E-state index < -0.39 is 10.0 Å². The highest BCUT2D eigenvalue weighted by Crippen LogP contribution is 2.20. The third kappa shape index (κ3) is 4.38. The van der Waals surface area contributed by atoms with Crippen LogP contribution in [0.2, 0.25) is 0 Å². The molecule has 0 unspecified atom stereocenters. The van der Waals surface area contributed by atoms with E-state index in [1.165, 1.54) is 32.1 Å². The highest BCUT2D eigenvalue weighted by molar-refractivity contribution is 7.89. The first-order valence-electron chi connectivity index (χ1n) is 9.70. The van der Waals surface area contributed by atoms with Crippen molar-refractivity contribution in [3.63, 3.8) is 0 Å². The van der Waals surface area contributed by atoms with Crippen molar-refractivity contribution < 1.29 is 8.42 Å². The van der Waals surface area contributed by atoms with E-state index in [-0.39, 0.29) is 10.5 Å². The molecule has 152 valence electrons. The number of hydrogen-bond donors (Lipinski definition) is 0. The predicted octanol–water partition coefficient (Wildman–Crippen LogP) is 1.47. The van der Waals surface area contributed by atoms with Gasteiger partial charge >= 0.3 is 0 Å². The van der Waals surface area contributed by atoms with Gasteiger partial charge in [-0.2, -0.15) is 4.31 Å². The van der Waals surface area contributed by atoms with E-state index in [0.29, 0.717) is 19.8 Å². The average molecular weight is 423 g/mol. The van der Waals surface area contributed by atoms with E-state index in [1.54, 1.807) is 11.3 Å². The van der Waals surface area contributed by atoms with Crippen LogP contribution < -0.4 is 5.56 Å². The molecule has 2 saturated heterocycles. The minimum absolute atomic E-state index is 0.165. The zero-order valence-corrected chi connectivity index (χ0v) is 17.5. The molecule has 4 heterocycles. The SMILES string of the molecule is O=c1ccc(S(=O)(=O)N2CCCC2)cn1CN1CCN(Cc2cccs2)CC1. The summed E-state index contributed by atoms with van der Waals surface area (Å²) in [5.41, 5.74) is -0.165. The summed E-state index contributed by atoms with van der Waals surface area (Å²) in [6, 6.07) is 7.04. The van der Waals surface area contributed by atoms with Gasteiger partial charge in [-0.3, -0.25) is 14.6 Å². The second kappa shape index (κ2) is 8.46. The Morgan fingerprint density at radius 1 is 0.929 bits per heavy atom. The molecule has 0 aliphatic carbocycles. The number of hydrogen-bond acceptors (Lipinski definition) is 6. The van der Waals surface area contributed by atoms with Crippen molar-refractivity contribution in [3.05, 3.63) is 51.1 Å². The van der Waals surface area contributed by atoms with Crippen LogP contribution in [0, 0.1) is 0 Å². The maximum absolute atomic E-state index is 12.8. The van der Waals surface area contributed by atoms with Gasteiger partial charge in [0, 0.05) is 63.0 Å². The molecule has 4 rings (SSSR count). The zero-order chi connectivity index (χ0) is 19.6. The van der Waals surface area contributed by atoms with Crippen LogP contribution in [0.5, 0.6) is 0 Å². The van der Waals surface area contributed by atoms with Gasteiger partial charge < -0.3 is 4.57 Å². The van der Waals surface area contributed by atoms with Crippen LogP contribution in [-0.4, -0.2) is 66.4 Å². The number of rotatable bonds is 6. The Hall–Kier alpha value is -1.52. The summed E-state index contributed by atoms with van der Waals surface area (Å²) in [5, 5.41) is 2.10. The molecule has 2 aliphatic heterocycles. The molecule has 9 heteroatoms. The van der Waals surface area contributed by atoms with Crippen LogP contribution in [0.1, 0.15) is 17.7 Å². The molecule has 0 amide bonds. The Morgan fingerprint density at radius 3 is 2.32 bits per heavy atom. The summed E-state index contributed by atoms with van der Waals surface area (Å²) < 4.78 is 28.6. The standard InChI is InChI=1S/C19H26N4O3S2/c24-19-6-5-18(28(25,26)23-7-1-2-8-23)15-22(19)16-21-11-9-20(10-12-21)14-17-4-3-13-27-17/h3-6,13,15H,1-2,7-12,14,16H2. The quantitative estimate of drug-likeness (QED) is 0.705. The van der Waals surface area contributed by atoms with Gasteiger partial charge in [-0.05, 0) is 30.4 Å². The number of aromatic nitrogens is 1. The van der Waals surface area contributed by atoms with Gasteiger partial charge in [-0.15, -0.1) is 11.3 Å². The lowest BCUT2D eigenvalue weighted by molar-refractivity contribution is 0.102. The lowest BCUT2D eigenvalue weighted by Gasteiger charge is -2.34. The number of nitrogens with zero attached hydrogens (tertiary/aromatic N) is 4. The summed E-state index contributed by atoms with van der Waals surface area (Å²) in [4.78, 5) is 18.5. The van der Waals surface area contributed by atoms with Crippen LogP contribution in [0.25, 0.3) is 0 Å². The number of thiophene rings is 1. The van der Waals surface area contributed by atoms with E-state index in [0.717, 1.165) is 45.6 Å². The maximum atomic E-state index is 12.8. The van der Waals surface area contributed by atoms with Gasteiger partial charge in [-0.1, -0.05) is 6.07 Å². The van der Waals surface area contributed by atoms with Crippen molar-refractivity contribution in [1.29, 1.82) is 0 Å². The molecule has 0 atom stereocenters. The highest BCUT2D eigenvalue weighted by Gasteiger charge is 2.28. The van der Waals surface area contributed by atoms with Gasteiger partial charge in [0.15, 0.2) is 0 Å². The molecular weight excluding hydrogens is 396 g/mol. The van der Waals surface area contributed by atoms with Crippen LogP contribution in [0.4, 0.5) is 0 Å². The molecule has 7 nitrogen and oxygen atoms in total. The molecule has 0 bridgehead atoms. The topological polar surface area (TPSA) is 65.9 Å². The molecule has 2 aromatic heterocycles. The minimum Gasteiger partial charge on any atom is -0.301 e. The monoisotopic (exact) mass is 422 g/mol. The summed E-state index contributed by atoms with van der Waals surface area (Å²) in [7, 11) is -3.51. The lowest BCUT2D eigenvalue weighted by atomic mass is 10.3. The van der Waals surface area contributed by atoms with E-state index in [1.807, 2.05) is 0 Å². The second-order valence-electron chi connectivity index (χ2n) is 7.40. The molecule has 0 aromatic carbocycles. The maximum Gasteiger partial charge on any atom is 0.251 e. The Kier molecular flexibility index (Phi) is 5.98. The van der Waals surface area contributed by atoms with Crippen LogP contribution in [0.15, 0.2) is 45.5 Å². The Bertz CT molecular complexity index is 942. The van der Waals surface area contributed by atoms with Crippen molar-refractivity contribution in [2.75, 3.05) is 39.3 Å². The van der Waals surface area contributed by atoms with Crippen molar-refractivity contribution in [3.8, 4) is 0 Å². The van der Waals surface area contributed by atoms with Crippen molar-refractivity contribution in [2.24, 2.45) is 0 Å². The van der Waals surface area contributed by atoms with Crippen molar-refractivity contribution >= 4 is 21.4 Å². The van der Waals surface area contributed by atoms with E-state index in [2.05, 4.69) is 27.3 Å². The molecule has 0 spiro atoms. The largest absolute Gasteiger partial charge is 0.301 e. The molecule has 0 radical (unpaired) electrons. The fourth-order valence-corrected chi connectivity index (χ4v) is 6.06. The Labute approximate surface area is 169 Å². The summed E-state index contributed by atoms with van der Waals surface area (Å²) in [6.45, 7) is 6.13. The third-order valence-corrected chi connectivity index (χ3v) is 8.18. The zero-order valence-electron chi connectivity index (χ0n) is 15.9. The first-order valence-corrected chi connectivity index (χ1v) is 12.0. The number of pyridine rings is 1. The smallest absolute Gasteiger partial charge is 0.251 e. The summed E-state index contributed by atoms with van der Waals surface area (Å²) in [5.74, 6) is 0. The Morgan fingerprint density at radius 2 is 1.64 bits per heavy atom. The summed E-state index contributed by atoms with van der Waals surface area (Å²) in [6.07, 6.45) is 3.30. The molecule has 2 aromatic rings. The average Bonchev–Trinajstić information content (AvgIpc) is 3.39. The highest BCUT2D eigenvalue weighted by atomic mass is 32.2. The fraction of sp³-hybridized carbons (Fsp3) is 0.526. The number of sulfonamides is 1. The molecule has 0 N–H and O–H groups in total. The lowest BCUT2D eigenvalue weighted by Crippen LogP contribution is -2.47. The molecule has 28 heavy (non-hydrogen) atoms.